The average Bonchev–Trinajstić information content (AvgIpc) is 3.54. The number of ether oxygens (including phenoxy) is 4. The molecule has 0 radical (unpaired) electrons. The van der Waals surface area contributed by atoms with Gasteiger partial charge < -0.3 is 18.9 Å². The molecule has 0 amide bonds. The van der Waals surface area contributed by atoms with E-state index in [1.165, 1.54) is 18.8 Å². The zero-order chi connectivity index (χ0) is 19.3. The molecule has 3 aliphatic rings. The summed E-state index contributed by atoms with van der Waals surface area (Å²) in [7, 11) is 1.74. The molecule has 1 aliphatic carbocycles. The van der Waals surface area contributed by atoms with Crippen LogP contribution in [0.3, 0.4) is 0 Å². The van der Waals surface area contributed by atoms with Gasteiger partial charge in [-0.1, -0.05) is 36.5 Å². The first-order valence-corrected chi connectivity index (χ1v) is 9.41. The fourth-order valence-corrected chi connectivity index (χ4v) is 3.91. The van der Waals surface area contributed by atoms with Crippen LogP contribution in [-0.4, -0.2) is 45.1 Å². The molecular formula is C22H28O5. The normalized spacial score (nSPS) is 29.7. The van der Waals surface area contributed by atoms with Gasteiger partial charge >= 0.3 is 5.97 Å². The summed E-state index contributed by atoms with van der Waals surface area (Å²) >= 11 is 0. The largest absolute Gasteiger partial charge is 0.435 e. The zero-order valence-corrected chi connectivity index (χ0v) is 16.2. The smallest absolute Gasteiger partial charge is 0.307 e. The van der Waals surface area contributed by atoms with Crippen LogP contribution in [0.2, 0.25) is 0 Å². The SMILES string of the molecule is C\C=C(/C=C\C=C\OC(C)=O)C(C1=CC(COC)CC=C1)(C1CO1)C1CO1. The van der Waals surface area contributed by atoms with E-state index >= 15 is 0 Å². The van der Waals surface area contributed by atoms with E-state index in [2.05, 4.69) is 30.4 Å². The van der Waals surface area contributed by atoms with Gasteiger partial charge in [-0.05, 0) is 30.6 Å². The van der Waals surface area contributed by atoms with Crippen LogP contribution in [0, 0.1) is 11.3 Å². The molecule has 0 spiro atoms. The van der Waals surface area contributed by atoms with Crippen molar-refractivity contribution < 1.29 is 23.7 Å². The molecule has 0 N–H and O–H groups in total. The molecule has 3 atom stereocenters. The molecule has 0 aromatic rings. The molecule has 0 aromatic carbocycles. The van der Waals surface area contributed by atoms with E-state index in [0.717, 1.165) is 25.2 Å². The summed E-state index contributed by atoms with van der Waals surface area (Å²) in [6, 6.07) is 0. The number of carbonyl (C=O) groups is 1. The quantitative estimate of drug-likeness (QED) is 0.268. The van der Waals surface area contributed by atoms with Crippen molar-refractivity contribution in [3.8, 4) is 0 Å². The first-order chi connectivity index (χ1) is 13.1. The highest BCUT2D eigenvalue weighted by Gasteiger charge is 2.60. The van der Waals surface area contributed by atoms with Crippen LogP contribution >= 0.6 is 0 Å². The minimum atomic E-state index is -0.334. The van der Waals surface area contributed by atoms with Gasteiger partial charge in [-0.15, -0.1) is 0 Å². The standard InChI is InChI=1S/C22H28O5/c1-4-18(9-5-6-11-25-16(2)23)22(20-14-26-20,21-15-27-21)19-10-7-8-17(12-19)13-24-3/h4-7,9-12,17,20-21H,8,13-15H2,1-3H3/b9-5-,11-6+,18-4+. The van der Waals surface area contributed by atoms with Crippen LogP contribution in [-0.2, 0) is 23.7 Å². The summed E-state index contributed by atoms with van der Waals surface area (Å²) in [6.45, 7) is 5.58. The molecule has 27 heavy (non-hydrogen) atoms. The molecular weight excluding hydrogens is 344 g/mol. The van der Waals surface area contributed by atoms with Crippen molar-refractivity contribution in [3.05, 3.63) is 59.9 Å². The summed E-state index contributed by atoms with van der Waals surface area (Å²) in [5.41, 5.74) is 2.07. The first-order valence-electron chi connectivity index (χ1n) is 9.41. The van der Waals surface area contributed by atoms with E-state index in [-0.39, 0.29) is 23.6 Å². The van der Waals surface area contributed by atoms with E-state index in [1.54, 1.807) is 13.2 Å². The lowest BCUT2D eigenvalue weighted by atomic mass is 9.66. The number of epoxide rings is 2. The molecule has 0 saturated carbocycles. The summed E-state index contributed by atoms with van der Waals surface area (Å²) in [4.78, 5) is 10.9. The molecule has 0 aromatic heterocycles. The van der Waals surface area contributed by atoms with Crippen molar-refractivity contribution in [1.82, 2.24) is 0 Å². The Morgan fingerprint density at radius 3 is 2.56 bits per heavy atom. The first kappa shape index (κ1) is 19.8. The number of esters is 1. The van der Waals surface area contributed by atoms with Gasteiger partial charge in [0.2, 0.25) is 0 Å². The van der Waals surface area contributed by atoms with Gasteiger partial charge in [0.25, 0.3) is 0 Å². The fraction of sp³-hybridized carbons (Fsp3) is 0.500. The van der Waals surface area contributed by atoms with Crippen molar-refractivity contribution in [2.24, 2.45) is 11.3 Å². The van der Waals surface area contributed by atoms with Crippen molar-refractivity contribution in [1.29, 1.82) is 0 Å². The molecule has 146 valence electrons. The molecule has 5 nitrogen and oxygen atoms in total. The molecule has 3 unspecified atom stereocenters. The van der Waals surface area contributed by atoms with E-state index in [1.807, 2.05) is 13.0 Å². The Hall–Kier alpha value is -1.95. The maximum Gasteiger partial charge on any atom is 0.307 e. The van der Waals surface area contributed by atoms with Crippen molar-refractivity contribution >= 4 is 5.97 Å². The van der Waals surface area contributed by atoms with Gasteiger partial charge in [0.05, 0.1) is 43.7 Å². The highest BCUT2D eigenvalue weighted by molar-refractivity contribution is 5.66. The molecule has 5 heteroatoms. The van der Waals surface area contributed by atoms with E-state index < -0.39 is 0 Å². The topological polar surface area (TPSA) is 60.6 Å². The predicted molar refractivity (Wildman–Crippen MR) is 103 cm³/mol. The zero-order valence-electron chi connectivity index (χ0n) is 16.2. The number of rotatable bonds is 9. The highest BCUT2D eigenvalue weighted by atomic mass is 16.6. The second-order valence-corrected chi connectivity index (χ2v) is 7.03. The lowest BCUT2D eigenvalue weighted by molar-refractivity contribution is -0.135. The maximum absolute atomic E-state index is 10.9. The Labute approximate surface area is 161 Å². The minimum Gasteiger partial charge on any atom is -0.435 e. The predicted octanol–water partition coefficient (Wildman–Crippen LogP) is 3.50. The van der Waals surface area contributed by atoms with Crippen LogP contribution in [0.15, 0.2) is 59.9 Å². The van der Waals surface area contributed by atoms with Gasteiger partial charge in [-0.3, -0.25) is 4.79 Å². The lowest BCUT2D eigenvalue weighted by Crippen LogP contribution is -2.38. The van der Waals surface area contributed by atoms with E-state index in [9.17, 15) is 4.79 Å². The van der Waals surface area contributed by atoms with E-state index in [4.69, 9.17) is 18.9 Å². The Morgan fingerprint density at radius 2 is 2.00 bits per heavy atom. The Balaban J connectivity index is 1.91. The minimum absolute atomic E-state index is 0.107. The fourth-order valence-electron chi connectivity index (χ4n) is 3.91. The van der Waals surface area contributed by atoms with Crippen molar-refractivity contribution in [2.75, 3.05) is 26.9 Å². The second kappa shape index (κ2) is 8.83. The van der Waals surface area contributed by atoms with Gasteiger partial charge in [0.1, 0.15) is 0 Å². The monoisotopic (exact) mass is 372 g/mol. The van der Waals surface area contributed by atoms with E-state index in [0.29, 0.717) is 12.5 Å². The Morgan fingerprint density at radius 1 is 1.30 bits per heavy atom. The van der Waals surface area contributed by atoms with Crippen molar-refractivity contribution in [2.45, 2.75) is 32.5 Å². The van der Waals surface area contributed by atoms with Crippen LogP contribution in [0.1, 0.15) is 20.3 Å². The average molecular weight is 372 g/mol. The van der Waals surface area contributed by atoms with Crippen molar-refractivity contribution in [3.63, 3.8) is 0 Å². The summed E-state index contributed by atoms with van der Waals surface area (Å²) in [6.07, 6.45) is 17.1. The number of methoxy groups -OCH3 is 1. The highest BCUT2D eigenvalue weighted by Crippen LogP contribution is 2.55. The van der Waals surface area contributed by atoms with Gasteiger partial charge in [-0.25, -0.2) is 0 Å². The van der Waals surface area contributed by atoms with Crippen LogP contribution in [0.4, 0.5) is 0 Å². The number of allylic oxidation sites excluding steroid dienone is 6. The summed E-state index contributed by atoms with van der Waals surface area (Å²) in [5, 5.41) is 0. The molecule has 3 rings (SSSR count). The summed E-state index contributed by atoms with van der Waals surface area (Å²) in [5.74, 6) is 0.0255. The summed E-state index contributed by atoms with van der Waals surface area (Å²) < 4.78 is 21.9. The van der Waals surface area contributed by atoms with Gasteiger partial charge in [-0.2, -0.15) is 0 Å². The van der Waals surface area contributed by atoms with Gasteiger partial charge in [0, 0.05) is 20.0 Å². The van der Waals surface area contributed by atoms with Crippen LogP contribution in [0.5, 0.6) is 0 Å². The Kier molecular flexibility index (Phi) is 6.47. The molecule has 2 heterocycles. The molecule has 0 bridgehead atoms. The molecule has 2 fully saturated rings. The van der Waals surface area contributed by atoms with Gasteiger partial charge in [0.15, 0.2) is 0 Å². The lowest BCUT2D eigenvalue weighted by Gasteiger charge is -2.36. The third-order valence-electron chi connectivity index (χ3n) is 5.18. The number of hydrogen-bond acceptors (Lipinski definition) is 5. The molecule has 2 saturated heterocycles. The third kappa shape index (κ3) is 4.49. The number of carbonyl (C=O) groups excluding carboxylic acids is 1. The maximum atomic E-state index is 10.9. The Bertz CT molecular complexity index is 677. The van der Waals surface area contributed by atoms with Crippen LogP contribution in [0.25, 0.3) is 0 Å². The van der Waals surface area contributed by atoms with Crippen LogP contribution < -0.4 is 0 Å². The number of hydrogen-bond donors (Lipinski definition) is 0. The molecule has 2 aliphatic heterocycles. The second-order valence-electron chi connectivity index (χ2n) is 7.03. The third-order valence-corrected chi connectivity index (χ3v) is 5.18.